The summed E-state index contributed by atoms with van der Waals surface area (Å²) in [5.41, 5.74) is -0.811. The smallest absolute Gasteiger partial charge is 0.253 e. The zero-order valence-corrected chi connectivity index (χ0v) is 10.6. The summed E-state index contributed by atoms with van der Waals surface area (Å²) in [4.78, 5) is 3.62. The third kappa shape index (κ3) is 3.56. The van der Waals surface area contributed by atoms with E-state index < -0.39 is 29.2 Å². The molecule has 1 aromatic heterocycles. The van der Waals surface area contributed by atoms with E-state index in [2.05, 4.69) is 4.98 Å². The molecule has 0 saturated carbocycles. The molecular formula is C12H13F4N3. The number of hydrogen-bond acceptors (Lipinski definition) is 3. The number of aromatic nitrogens is 1. The normalized spacial score (nSPS) is 10.6. The van der Waals surface area contributed by atoms with Crippen molar-refractivity contribution in [2.45, 2.75) is 20.3 Å². The van der Waals surface area contributed by atoms with Crippen molar-refractivity contribution < 1.29 is 17.6 Å². The second-order valence-electron chi connectivity index (χ2n) is 4.42. The highest BCUT2D eigenvalue weighted by Gasteiger charge is 2.25. The van der Waals surface area contributed by atoms with E-state index in [0.717, 1.165) is 4.90 Å². The maximum Gasteiger partial charge on any atom is 0.253 e. The number of nitriles is 1. The summed E-state index contributed by atoms with van der Waals surface area (Å²) in [6.45, 7) is 3.70. The largest absolute Gasteiger partial charge is 0.365 e. The minimum Gasteiger partial charge on any atom is -0.365 e. The van der Waals surface area contributed by atoms with Crippen molar-refractivity contribution in [2.75, 3.05) is 18.0 Å². The molecule has 19 heavy (non-hydrogen) atoms. The molecule has 0 bridgehead atoms. The molecule has 7 heteroatoms. The van der Waals surface area contributed by atoms with Gasteiger partial charge in [-0.25, -0.2) is 0 Å². The molecular weight excluding hydrogens is 262 g/mol. The molecule has 0 saturated heterocycles. The fourth-order valence-electron chi connectivity index (χ4n) is 1.67. The maximum atomic E-state index is 13.6. The summed E-state index contributed by atoms with van der Waals surface area (Å²) in [7, 11) is 0. The third-order valence-electron chi connectivity index (χ3n) is 2.37. The second-order valence-corrected chi connectivity index (χ2v) is 4.42. The standard InChI is InChI=1S/C12H13F4N3/c1-7(2)6-19(5-3-4-17)10-8(13)11(15)18-12(16)9(10)14/h7H,3,5-6H2,1-2H3. The molecule has 0 unspecified atom stereocenters. The first-order valence-corrected chi connectivity index (χ1v) is 5.70. The van der Waals surface area contributed by atoms with E-state index in [-0.39, 0.29) is 25.4 Å². The molecule has 1 heterocycles. The number of pyridine rings is 1. The first-order chi connectivity index (χ1) is 8.88. The van der Waals surface area contributed by atoms with E-state index in [1.54, 1.807) is 13.8 Å². The van der Waals surface area contributed by atoms with Crippen LogP contribution in [0.25, 0.3) is 0 Å². The molecule has 3 nitrogen and oxygen atoms in total. The van der Waals surface area contributed by atoms with Crippen LogP contribution in [0.5, 0.6) is 0 Å². The molecule has 0 amide bonds. The molecule has 0 fully saturated rings. The average Bonchev–Trinajstić information content (AvgIpc) is 2.33. The Kier molecular flexibility index (Phi) is 5.10. The number of hydrogen-bond donors (Lipinski definition) is 0. The lowest BCUT2D eigenvalue weighted by atomic mass is 10.2. The Morgan fingerprint density at radius 1 is 1.16 bits per heavy atom. The van der Waals surface area contributed by atoms with Gasteiger partial charge in [-0.15, -0.1) is 0 Å². The summed E-state index contributed by atoms with van der Waals surface area (Å²) in [5, 5.41) is 8.52. The molecule has 0 aliphatic rings. The van der Waals surface area contributed by atoms with Crippen molar-refractivity contribution in [1.29, 1.82) is 5.26 Å². The molecule has 1 aromatic rings. The van der Waals surface area contributed by atoms with Gasteiger partial charge in [-0.3, -0.25) is 0 Å². The number of nitrogens with zero attached hydrogens (tertiary/aromatic N) is 3. The molecule has 0 aliphatic carbocycles. The van der Waals surface area contributed by atoms with Gasteiger partial charge < -0.3 is 4.90 Å². The minimum absolute atomic E-state index is 0.00298. The second kappa shape index (κ2) is 6.36. The van der Waals surface area contributed by atoms with E-state index in [4.69, 9.17) is 5.26 Å². The van der Waals surface area contributed by atoms with E-state index in [1.165, 1.54) is 0 Å². The Hall–Kier alpha value is -1.84. The van der Waals surface area contributed by atoms with E-state index in [9.17, 15) is 17.6 Å². The molecule has 0 N–H and O–H groups in total. The topological polar surface area (TPSA) is 39.9 Å². The minimum atomic E-state index is -1.69. The summed E-state index contributed by atoms with van der Waals surface area (Å²) in [5.74, 6) is -6.48. The fourth-order valence-corrected chi connectivity index (χ4v) is 1.67. The molecule has 0 aliphatic heterocycles. The van der Waals surface area contributed by atoms with Crippen LogP contribution in [-0.4, -0.2) is 18.1 Å². The monoisotopic (exact) mass is 275 g/mol. The van der Waals surface area contributed by atoms with E-state index in [0.29, 0.717) is 0 Å². The average molecular weight is 275 g/mol. The highest BCUT2D eigenvalue weighted by Crippen LogP contribution is 2.27. The molecule has 0 aromatic carbocycles. The van der Waals surface area contributed by atoms with Gasteiger partial charge in [-0.2, -0.15) is 27.8 Å². The molecule has 0 atom stereocenters. The summed E-state index contributed by atoms with van der Waals surface area (Å²) in [6.07, 6.45) is -0.0167. The number of anilines is 1. The van der Waals surface area contributed by atoms with Crippen molar-refractivity contribution >= 4 is 5.69 Å². The van der Waals surface area contributed by atoms with Gasteiger partial charge >= 0.3 is 0 Å². The van der Waals surface area contributed by atoms with Gasteiger partial charge in [-0.1, -0.05) is 13.8 Å². The van der Waals surface area contributed by atoms with Gasteiger partial charge in [0.2, 0.25) is 11.6 Å². The van der Waals surface area contributed by atoms with Crippen LogP contribution in [0.1, 0.15) is 20.3 Å². The van der Waals surface area contributed by atoms with Crippen molar-refractivity contribution in [1.82, 2.24) is 4.98 Å². The van der Waals surface area contributed by atoms with Crippen molar-refractivity contribution in [3.63, 3.8) is 0 Å². The number of rotatable bonds is 5. The van der Waals surface area contributed by atoms with E-state index >= 15 is 0 Å². The predicted molar refractivity (Wildman–Crippen MR) is 61.4 cm³/mol. The Balaban J connectivity index is 3.24. The van der Waals surface area contributed by atoms with Gasteiger partial charge in [0.25, 0.3) is 11.9 Å². The number of halogens is 4. The zero-order chi connectivity index (χ0) is 14.6. The van der Waals surface area contributed by atoms with Crippen molar-refractivity contribution in [3.05, 3.63) is 23.5 Å². The van der Waals surface area contributed by atoms with Crippen molar-refractivity contribution in [2.24, 2.45) is 5.92 Å². The lowest BCUT2D eigenvalue weighted by Gasteiger charge is -2.26. The lowest BCUT2D eigenvalue weighted by Crippen LogP contribution is -2.31. The third-order valence-corrected chi connectivity index (χ3v) is 2.37. The maximum absolute atomic E-state index is 13.6. The highest BCUT2D eigenvalue weighted by atomic mass is 19.2. The van der Waals surface area contributed by atoms with Crippen LogP contribution >= 0.6 is 0 Å². The first-order valence-electron chi connectivity index (χ1n) is 5.70. The zero-order valence-electron chi connectivity index (χ0n) is 10.6. The van der Waals surface area contributed by atoms with Gasteiger partial charge in [0.05, 0.1) is 12.5 Å². The quantitative estimate of drug-likeness (QED) is 0.612. The summed E-state index contributed by atoms with van der Waals surface area (Å²) in [6, 6.07) is 1.82. The Morgan fingerprint density at radius 3 is 2.11 bits per heavy atom. The van der Waals surface area contributed by atoms with Crippen LogP contribution in [0.15, 0.2) is 0 Å². The first kappa shape index (κ1) is 15.2. The predicted octanol–water partition coefficient (Wildman–Crippen LogP) is 3.01. The van der Waals surface area contributed by atoms with Crippen LogP contribution < -0.4 is 4.90 Å². The van der Waals surface area contributed by atoms with Crippen LogP contribution in [-0.2, 0) is 0 Å². The van der Waals surface area contributed by atoms with Crippen LogP contribution in [0.4, 0.5) is 23.2 Å². The van der Waals surface area contributed by atoms with Crippen LogP contribution in [0.2, 0.25) is 0 Å². The fraction of sp³-hybridized carbons (Fsp3) is 0.500. The summed E-state index contributed by atoms with van der Waals surface area (Å²) >= 11 is 0. The summed E-state index contributed by atoms with van der Waals surface area (Å²) < 4.78 is 53.3. The van der Waals surface area contributed by atoms with Crippen molar-refractivity contribution in [3.8, 4) is 6.07 Å². The Morgan fingerprint density at radius 2 is 1.68 bits per heavy atom. The molecule has 0 spiro atoms. The van der Waals surface area contributed by atoms with Gasteiger partial charge in [0, 0.05) is 13.1 Å². The van der Waals surface area contributed by atoms with Gasteiger partial charge in [0.1, 0.15) is 5.69 Å². The Bertz CT molecular complexity index is 470. The SMILES string of the molecule is CC(C)CN(CCC#N)c1c(F)c(F)nc(F)c1F. The highest BCUT2D eigenvalue weighted by molar-refractivity contribution is 5.48. The lowest BCUT2D eigenvalue weighted by molar-refractivity contribution is 0.404. The van der Waals surface area contributed by atoms with Crippen LogP contribution in [0.3, 0.4) is 0 Å². The molecule has 1 rings (SSSR count). The van der Waals surface area contributed by atoms with Gasteiger partial charge in [0.15, 0.2) is 0 Å². The van der Waals surface area contributed by atoms with Gasteiger partial charge in [-0.05, 0) is 5.92 Å². The molecule has 0 radical (unpaired) electrons. The van der Waals surface area contributed by atoms with Crippen LogP contribution in [0, 0.1) is 40.8 Å². The van der Waals surface area contributed by atoms with E-state index in [1.807, 2.05) is 6.07 Å². The molecule has 104 valence electrons. The Labute approximate surface area is 108 Å².